The van der Waals surface area contributed by atoms with Gasteiger partial charge in [0, 0.05) is 6.42 Å². The number of hydrogen-bond donors (Lipinski definition) is 0. The van der Waals surface area contributed by atoms with Crippen LogP contribution in [-0.2, 0) is 20.7 Å². The van der Waals surface area contributed by atoms with Gasteiger partial charge in [0.15, 0.2) is 17.5 Å². The van der Waals surface area contributed by atoms with Gasteiger partial charge in [0.2, 0.25) is 0 Å². The molecule has 0 radical (unpaired) electrons. The third-order valence-corrected chi connectivity index (χ3v) is 7.57. The summed E-state index contributed by atoms with van der Waals surface area (Å²) in [5.74, 6) is 0.177. The number of thioether (sulfide) groups is 1. The van der Waals surface area contributed by atoms with Gasteiger partial charge in [-0.15, -0.1) is 0 Å². The molecule has 1 atom stereocenters. The van der Waals surface area contributed by atoms with Gasteiger partial charge in [-0.3, -0.25) is 9.69 Å². The molecule has 190 valence electrons. The Labute approximate surface area is 233 Å². The largest absolute Gasteiger partial charge is 0.493 e. The Hall–Kier alpha value is -3.14. The van der Waals surface area contributed by atoms with E-state index in [0.29, 0.717) is 38.6 Å². The van der Waals surface area contributed by atoms with Gasteiger partial charge in [-0.1, -0.05) is 84.6 Å². The van der Waals surface area contributed by atoms with Gasteiger partial charge < -0.3 is 14.2 Å². The minimum absolute atomic E-state index is 0.280. The molecule has 9 heteroatoms. The van der Waals surface area contributed by atoms with Gasteiger partial charge in [0.1, 0.15) is 4.32 Å². The second-order valence-corrected chi connectivity index (χ2v) is 10.5. The maximum Gasteiger partial charge on any atom is 0.333 e. The minimum atomic E-state index is -0.966. The molecule has 0 bridgehead atoms. The zero-order valence-electron chi connectivity index (χ0n) is 20.2. The summed E-state index contributed by atoms with van der Waals surface area (Å²) < 4.78 is 17.6. The Bertz CT molecular complexity index is 1330. The molecule has 0 aromatic heterocycles. The van der Waals surface area contributed by atoms with E-state index < -0.39 is 12.0 Å². The van der Waals surface area contributed by atoms with Gasteiger partial charge in [-0.2, -0.15) is 0 Å². The number of benzene rings is 3. The molecule has 37 heavy (non-hydrogen) atoms. The van der Waals surface area contributed by atoms with Crippen molar-refractivity contribution >= 4 is 62.2 Å². The van der Waals surface area contributed by atoms with Crippen LogP contribution in [-0.4, -0.2) is 41.9 Å². The fourth-order valence-corrected chi connectivity index (χ4v) is 5.76. The predicted molar refractivity (Wildman–Crippen MR) is 153 cm³/mol. The highest BCUT2D eigenvalue weighted by Gasteiger charge is 2.41. The molecule has 1 aliphatic rings. The molecule has 0 N–H and O–H groups in total. The van der Waals surface area contributed by atoms with Crippen molar-refractivity contribution in [2.75, 3.05) is 20.8 Å². The summed E-state index contributed by atoms with van der Waals surface area (Å²) in [5.41, 5.74) is 2.51. The summed E-state index contributed by atoms with van der Waals surface area (Å²) >= 11 is 10.2. The number of methoxy groups -OCH3 is 2. The highest BCUT2D eigenvalue weighted by atomic mass is 79.9. The molecular formula is C28H24BrNO5S2. The van der Waals surface area contributed by atoms with Crippen molar-refractivity contribution in [2.45, 2.75) is 12.5 Å². The summed E-state index contributed by atoms with van der Waals surface area (Å²) in [5, 5.41) is 0. The van der Waals surface area contributed by atoms with Crippen LogP contribution < -0.4 is 9.47 Å². The maximum atomic E-state index is 13.4. The third-order valence-electron chi connectivity index (χ3n) is 5.65. The van der Waals surface area contributed by atoms with Gasteiger partial charge in [-0.05, 0) is 50.8 Å². The number of amides is 1. The van der Waals surface area contributed by atoms with Gasteiger partial charge in [-0.25, -0.2) is 4.79 Å². The van der Waals surface area contributed by atoms with Crippen molar-refractivity contribution < 1.29 is 23.8 Å². The van der Waals surface area contributed by atoms with Crippen molar-refractivity contribution in [1.29, 1.82) is 0 Å². The van der Waals surface area contributed by atoms with Gasteiger partial charge in [0.25, 0.3) is 5.91 Å². The lowest BCUT2D eigenvalue weighted by atomic mass is 10.1. The van der Waals surface area contributed by atoms with Crippen LogP contribution in [0.25, 0.3) is 6.08 Å². The summed E-state index contributed by atoms with van der Waals surface area (Å²) in [7, 11) is 2.86. The summed E-state index contributed by atoms with van der Waals surface area (Å²) in [6.07, 6.45) is 2.48. The first kappa shape index (κ1) is 26.9. The van der Waals surface area contributed by atoms with E-state index in [2.05, 4.69) is 28.1 Å². The number of carbonyl (C=O) groups excluding carboxylic acids is 2. The first-order chi connectivity index (χ1) is 17.9. The molecule has 6 nitrogen and oxygen atoms in total. The fraction of sp³-hybridized carbons (Fsp3) is 0.179. The Morgan fingerprint density at radius 1 is 1.08 bits per heavy atom. The molecule has 1 amide bonds. The molecule has 4 rings (SSSR count). The maximum absolute atomic E-state index is 13.4. The normalized spacial score (nSPS) is 15.1. The van der Waals surface area contributed by atoms with Crippen molar-refractivity contribution in [1.82, 2.24) is 4.90 Å². The Morgan fingerprint density at radius 2 is 1.76 bits per heavy atom. The number of hydrogen-bond acceptors (Lipinski definition) is 7. The van der Waals surface area contributed by atoms with Crippen LogP contribution in [0.5, 0.6) is 11.5 Å². The van der Waals surface area contributed by atoms with E-state index in [1.165, 1.54) is 17.6 Å². The number of rotatable bonds is 9. The summed E-state index contributed by atoms with van der Waals surface area (Å²) in [6, 6.07) is 21.7. The predicted octanol–water partition coefficient (Wildman–Crippen LogP) is 6.19. The van der Waals surface area contributed by atoms with Crippen LogP contribution in [0.2, 0.25) is 0 Å². The second kappa shape index (κ2) is 12.4. The average molecular weight is 599 g/mol. The molecule has 0 spiro atoms. The smallest absolute Gasteiger partial charge is 0.333 e. The first-order valence-electron chi connectivity index (χ1n) is 11.4. The zero-order chi connectivity index (χ0) is 26.4. The van der Waals surface area contributed by atoms with E-state index in [0.717, 1.165) is 18.2 Å². The Kier molecular flexibility index (Phi) is 9.02. The van der Waals surface area contributed by atoms with Crippen LogP contribution >= 0.6 is 39.9 Å². The Balaban J connectivity index is 1.57. The van der Waals surface area contributed by atoms with E-state index in [-0.39, 0.29) is 10.2 Å². The average Bonchev–Trinajstić information content (AvgIpc) is 3.18. The summed E-state index contributed by atoms with van der Waals surface area (Å²) in [6.45, 7) is 0.478. The van der Waals surface area contributed by atoms with Crippen LogP contribution in [0.4, 0.5) is 0 Å². The number of esters is 1. The monoisotopic (exact) mass is 597 g/mol. The zero-order valence-corrected chi connectivity index (χ0v) is 23.4. The van der Waals surface area contributed by atoms with E-state index in [4.69, 9.17) is 26.4 Å². The number of nitrogens with zero attached hydrogens (tertiary/aromatic N) is 1. The second-order valence-electron chi connectivity index (χ2n) is 8.01. The molecule has 3 aromatic rings. The molecule has 1 fully saturated rings. The van der Waals surface area contributed by atoms with Crippen LogP contribution in [0.15, 0.2) is 82.2 Å². The number of halogens is 1. The molecular weight excluding hydrogens is 574 g/mol. The first-order valence-corrected chi connectivity index (χ1v) is 13.4. The molecule has 1 heterocycles. The molecule has 0 saturated carbocycles. The Morgan fingerprint density at radius 3 is 2.41 bits per heavy atom. The van der Waals surface area contributed by atoms with Crippen LogP contribution in [0, 0.1) is 0 Å². The molecule has 1 unspecified atom stereocenters. The lowest BCUT2D eigenvalue weighted by Crippen LogP contribution is -2.37. The molecule has 1 aliphatic heterocycles. The summed E-state index contributed by atoms with van der Waals surface area (Å²) in [4.78, 5) is 27.8. The number of ether oxygens (including phenoxy) is 3. The lowest BCUT2D eigenvalue weighted by Gasteiger charge is -2.24. The van der Waals surface area contributed by atoms with Gasteiger partial charge in [0.05, 0.1) is 30.2 Å². The topological polar surface area (TPSA) is 65.1 Å². The number of thiocarbonyl (C=S) groups is 1. The highest BCUT2D eigenvalue weighted by Crippen LogP contribution is 2.41. The fourth-order valence-electron chi connectivity index (χ4n) is 3.87. The van der Waals surface area contributed by atoms with Crippen LogP contribution in [0.1, 0.15) is 22.7 Å². The van der Waals surface area contributed by atoms with E-state index in [9.17, 15) is 9.59 Å². The van der Waals surface area contributed by atoms with Crippen LogP contribution in [0.3, 0.4) is 0 Å². The third kappa shape index (κ3) is 6.23. The van der Waals surface area contributed by atoms with E-state index in [1.54, 1.807) is 43.5 Å². The molecule has 1 saturated heterocycles. The van der Waals surface area contributed by atoms with Crippen molar-refractivity contribution in [3.8, 4) is 11.5 Å². The highest BCUT2D eigenvalue weighted by molar-refractivity contribution is 9.10. The lowest BCUT2D eigenvalue weighted by molar-refractivity contribution is -0.148. The van der Waals surface area contributed by atoms with E-state index in [1.807, 2.05) is 30.3 Å². The molecule has 0 aliphatic carbocycles. The van der Waals surface area contributed by atoms with Gasteiger partial charge >= 0.3 is 5.97 Å². The number of carbonyl (C=O) groups is 2. The molecule has 3 aromatic carbocycles. The SMILES string of the molecule is COC(=O)C(c1ccccc1)N1C(=O)/C(=C/c2cc(Br)c(OCCc3ccccc3)c(OC)c2)SC1=S. The van der Waals surface area contributed by atoms with Crippen molar-refractivity contribution in [3.63, 3.8) is 0 Å². The standard InChI is InChI=1S/C28H24BrNO5S2/c1-33-22-16-19(15-21(29)25(22)35-14-13-18-9-5-3-6-10-18)17-23-26(31)30(28(36)37-23)24(27(32)34-2)20-11-7-4-8-12-20/h3-12,15-17,24H,13-14H2,1-2H3/b23-17-. The minimum Gasteiger partial charge on any atom is -0.493 e. The van der Waals surface area contributed by atoms with E-state index >= 15 is 0 Å². The quantitative estimate of drug-likeness (QED) is 0.165. The van der Waals surface area contributed by atoms with Crippen molar-refractivity contribution in [2.24, 2.45) is 0 Å². The van der Waals surface area contributed by atoms with Crippen molar-refractivity contribution in [3.05, 3.63) is 98.9 Å².